The molecule has 1 atom stereocenters. The van der Waals surface area contributed by atoms with Crippen LogP contribution in [0.15, 0.2) is 26.4 Å². The predicted octanol–water partition coefficient (Wildman–Crippen LogP) is 2.66. The molecule has 0 aliphatic carbocycles. The van der Waals surface area contributed by atoms with E-state index in [2.05, 4.69) is 28.9 Å². The van der Waals surface area contributed by atoms with Crippen molar-refractivity contribution in [2.75, 3.05) is 0 Å². The number of carbonyl (C=O) groups is 1. The minimum absolute atomic E-state index is 0.0664. The van der Waals surface area contributed by atoms with E-state index in [0.717, 1.165) is 12.8 Å². The molecule has 0 amide bonds. The van der Waals surface area contributed by atoms with Gasteiger partial charge in [0.05, 0.1) is 0 Å². The Kier molecular flexibility index (Phi) is 5.21. The lowest BCUT2D eigenvalue weighted by molar-refractivity contribution is -0.00626. The molecule has 0 saturated carbocycles. The van der Waals surface area contributed by atoms with Gasteiger partial charge in [0, 0.05) is 6.42 Å². The summed E-state index contributed by atoms with van der Waals surface area (Å²) >= 11 is 3.59. The van der Waals surface area contributed by atoms with E-state index < -0.39 is 16.7 Å². The molecular weight excluding hydrogens is 258 g/mol. The molecule has 1 rings (SSSR count). The van der Waals surface area contributed by atoms with Crippen molar-refractivity contribution in [3.8, 4) is 0 Å². The molecule has 1 aromatic heterocycles. The van der Waals surface area contributed by atoms with E-state index in [1.165, 1.54) is 0 Å². The van der Waals surface area contributed by atoms with Crippen molar-refractivity contribution < 1.29 is 18.5 Å². The third-order valence-electron chi connectivity index (χ3n) is 2.46. The van der Waals surface area contributed by atoms with Crippen molar-refractivity contribution in [1.29, 1.82) is 0 Å². The number of hydrogen-bond donors (Lipinski definition) is 1. The monoisotopic (exact) mass is 273 g/mol. The van der Waals surface area contributed by atoms with Crippen molar-refractivity contribution in [3.05, 3.63) is 29.2 Å². The van der Waals surface area contributed by atoms with Crippen LogP contribution in [0.4, 0.5) is 4.79 Å². The van der Waals surface area contributed by atoms with E-state index in [4.69, 9.17) is 9.15 Å². The molecule has 1 aromatic rings. The number of hydrogen-bond acceptors (Lipinski definition) is 6. The Bertz CT molecular complexity index is 466. The smallest absolute Gasteiger partial charge is 0.441 e. The maximum Gasteiger partial charge on any atom is 0.542 e. The molecule has 6 nitrogen and oxygen atoms in total. The van der Waals surface area contributed by atoms with Crippen molar-refractivity contribution in [1.82, 2.24) is 5.16 Å². The van der Waals surface area contributed by atoms with Gasteiger partial charge < -0.3 is 9.15 Å². The fourth-order valence-corrected chi connectivity index (χ4v) is 1.84. The van der Waals surface area contributed by atoms with Crippen LogP contribution in [0.25, 0.3) is 0 Å². The zero-order valence-corrected chi connectivity index (χ0v) is 10.9. The fourth-order valence-electron chi connectivity index (χ4n) is 1.67. The minimum atomic E-state index is -1.18. The molecule has 0 spiro atoms. The zero-order valence-electron chi connectivity index (χ0n) is 10.0. The highest BCUT2D eigenvalue weighted by atomic mass is 32.1. The molecule has 0 aromatic carbocycles. The molecule has 0 bridgehead atoms. The topological polar surface area (TPSA) is 82.5 Å². The van der Waals surface area contributed by atoms with Crippen LogP contribution in [0, 0.1) is 0 Å². The Morgan fingerprint density at radius 3 is 2.83 bits per heavy atom. The van der Waals surface area contributed by atoms with Gasteiger partial charge in [0.1, 0.15) is 0 Å². The van der Waals surface area contributed by atoms with Crippen molar-refractivity contribution in [2.45, 2.75) is 38.2 Å². The van der Waals surface area contributed by atoms with E-state index in [-0.39, 0.29) is 12.3 Å². The van der Waals surface area contributed by atoms with Crippen LogP contribution in [-0.4, -0.2) is 10.5 Å². The van der Waals surface area contributed by atoms with Crippen LogP contribution in [-0.2, 0) is 10.3 Å². The summed E-state index contributed by atoms with van der Waals surface area (Å²) in [4.78, 5) is 22.0. The standard InChI is InChI=1S/C11H15NO5S/c1-3-5-7-11(6-4-2,16-10(14)18)8-12-17-9(13)15-8/h4H,2-3,5-7H2,1H3,(H,14,18). The summed E-state index contributed by atoms with van der Waals surface area (Å²) < 4.78 is 14.3. The fraction of sp³-hybridized carbons (Fsp3) is 0.545. The highest BCUT2D eigenvalue weighted by molar-refractivity contribution is 7.96. The van der Waals surface area contributed by atoms with Crippen LogP contribution in [0.3, 0.4) is 0 Å². The highest BCUT2D eigenvalue weighted by Gasteiger charge is 2.40. The Balaban J connectivity index is 3.12. The molecule has 0 N–H and O–H groups in total. The van der Waals surface area contributed by atoms with E-state index >= 15 is 0 Å². The van der Waals surface area contributed by atoms with Gasteiger partial charge in [-0.25, -0.2) is 9.59 Å². The lowest BCUT2D eigenvalue weighted by atomic mass is 9.92. The number of rotatable bonds is 7. The number of carbonyl (C=O) groups excluding carboxylic acids is 1. The van der Waals surface area contributed by atoms with Gasteiger partial charge in [-0.05, 0) is 18.0 Å². The lowest BCUT2D eigenvalue weighted by Crippen LogP contribution is -2.31. The third-order valence-corrected chi connectivity index (χ3v) is 2.56. The van der Waals surface area contributed by atoms with Crippen molar-refractivity contribution in [2.24, 2.45) is 0 Å². The second-order valence-corrected chi connectivity index (χ2v) is 4.16. The zero-order chi connectivity index (χ0) is 13.6. The normalized spacial score (nSPS) is 13.9. The van der Waals surface area contributed by atoms with Crippen LogP contribution in [0.5, 0.6) is 0 Å². The molecule has 100 valence electrons. The number of unbranched alkanes of at least 4 members (excludes halogenated alkanes) is 1. The number of nitrogens with zero attached hydrogens (tertiary/aromatic N) is 1. The minimum Gasteiger partial charge on any atom is -0.441 e. The average Bonchev–Trinajstić information content (AvgIpc) is 2.73. The molecule has 18 heavy (non-hydrogen) atoms. The second-order valence-electron chi connectivity index (χ2n) is 3.80. The summed E-state index contributed by atoms with van der Waals surface area (Å²) in [7, 11) is 0. The van der Waals surface area contributed by atoms with Gasteiger partial charge in [-0.2, -0.15) is 0 Å². The van der Waals surface area contributed by atoms with Gasteiger partial charge in [-0.1, -0.05) is 32.0 Å². The van der Waals surface area contributed by atoms with Crippen molar-refractivity contribution >= 4 is 17.9 Å². The van der Waals surface area contributed by atoms with E-state index in [9.17, 15) is 9.59 Å². The largest absolute Gasteiger partial charge is 0.542 e. The predicted molar refractivity (Wildman–Crippen MR) is 66.5 cm³/mol. The SMILES string of the molecule is C=CCC(CCCC)(OC(=O)S)c1noc(=O)o1. The van der Waals surface area contributed by atoms with Crippen LogP contribution < -0.4 is 5.82 Å². The molecule has 0 aliphatic heterocycles. The Morgan fingerprint density at radius 2 is 2.39 bits per heavy atom. The summed E-state index contributed by atoms with van der Waals surface area (Å²) in [5.41, 5.74) is -1.18. The molecule has 1 heterocycles. The first-order valence-corrected chi connectivity index (χ1v) is 5.99. The van der Waals surface area contributed by atoms with Crippen molar-refractivity contribution in [3.63, 3.8) is 0 Å². The maximum atomic E-state index is 11.1. The first-order valence-electron chi connectivity index (χ1n) is 5.54. The summed E-state index contributed by atoms with van der Waals surface area (Å²) in [6.07, 6.45) is 3.89. The van der Waals surface area contributed by atoms with Crippen LogP contribution >= 0.6 is 12.6 Å². The van der Waals surface area contributed by atoms with Gasteiger partial charge in [-0.3, -0.25) is 4.52 Å². The molecule has 0 saturated heterocycles. The maximum absolute atomic E-state index is 11.1. The van der Waals surface area contributed by atoms with Gasteiger partial charge in [0.2, 0.25) is 0 Å². The summed E-state index contributed by atoms with van der Waals surface area (Å²) in [5.74, 6) is -1.01. The number of ether oxygens (including phenoxy) is 1. The first kappa shape index (κ1) is 14.6. The molecule has 1 unspecified atom stereocenters. The first-order chi connectivity index (χ1) is 8.54. The molecule has 0 fully saturated rings. The molecule has 0 aliphatic rings. The van der Waals surface area contributed by atoms with Crippen LogP contribution in [0.1, 0.15) is 38.5 Å². The highest BCUT2D eigenvalue weighted by Crippen LogP contribution is 2.34. The van der Waals surface area contributed by atoms with Gasteiger partial charge in [0.25, 0.3) is 5.89 Å². The van der Waals surface area contributed by atoms with E-state index in [1.807, 2.05) is 6.92 Å². The third kappa shape index (κ3) is 3.49. The Hall–Kier alpha value is -1.50. The molecular formula is C11H15NO5S. The Morgan fingerprint density at radius 1 is 1.67 bits per heavy atom. The lowest BCUT2D eigenvalue weighted by Gasteiger charge is -2.27. The summed E-state index contributed by atoms with van der Waals surface area (Å²) in [6, 6.07) is 0. The Labute approximate surface area is 109 Å². The van der Waals surface area contributed by atoms with E-state index in [1.54, 1.807) is 6.08 Å². The second kappa shape index (κ2) is 6.44. The van der Waals surface area contributed by atoms with Crippen LogP contribution in [0.2, 0.25) is 0 Å². The summed E-state index contributed by atoms with van der Waals surface area (Å²) in [5, 5.41) is 2.72. The van der Waals surface area contributed by atoms with Gasteiger partial charge in [-0.15, -0.1) is 6.58 Å². The quantitative estimate of drug-likeness (QED) is 0.467. The van der Waals surface area contributed by atoms with Gasteiger partial charge >= 0.3 is 11.1 Å². The number of aromatic nitrogens is 1. The molecule has 7 heteroatoms. The summed E-state index contributed by atoms with van der Waals surface area (Å²) in [6.45, 7) is 5.59. The van der Waals surface area contributed by atoms with Gasteiger partial charge in [0.15, 0.2) is 5.60 Å². The van der Waals surface area contributed by atoms with E-state index in [0.29, 0.717) is 6.42 Å². The molecule has 0 radical (unpaired) electrons. The average molecular weight is 273 g/mol. The number of thiol groups is 1.